The third-order valence-electron chi connectivity index (χ3n) is 4.55. The van der Waals surface area contributed by atoms with Gasteiger partial charge < -0.3 is 15.0 Å². The average molecular weight is 405 g/mol. The molecule has 0 aliphatic carbocycles. The largest absolute Gasteiger partial charge is 0.497 e. The van der Waals surface area contributed by atoms with Gasteiger partial charge in [0, 0.05) is 17.5 Å². The molecule has 2 N–H and O–H groups in total. The number of aromatic nitrogens is 2. The van der Waals surface area contributed by atoms with Crippen LogP contribution >= 0.6 is 11.3 Å². The first-order chi connectivity index (χ1) is 14.1. The monoisotopic (exact) mass is 405 g/mol. The summed E-state index contributed by atoms with van der Waals surface area (Å²) in [5.74, 6) is 0.920. The van der Waals surface area contributed by atoms with Crippen LogP contribution in [0.3, 0.4) is 0 Å². The highest BCUT2D eigenvalue weighted by atomic mass is 32.1. The van der Waals surface area contributed by atoms with Crippen LogP contribution in [0.1, 0.15) is 11.4 Å². The molecule has 0 radical (unpaired) electrons. The molecule has 0 fully saturated rings. The molecule has 4 rings (SSSR count). The van der Waals surface area contributed by atoms with Crippen molar-refractivity contribution >= 4 is 27.5 Å². The Morgan fingerprint density at radius 3 is 2.62 bits per heavy atom. The number of methoxy groups -OCH3 is 1. The molecule has 7 heteroatoms. The van der Waals surface area contributed by atoms with Gasteiger partial charge in [0.15, 0.2) is 0 Å². The van der Waals surface area contributed by atoms with Gasteiger partial charge in [-0.3, -0.25) is 9.59 Å². The van der Waals surface area contributed by atoms with Crippen LogP contribution in [0.15, 0.2) is 64.8 Å². The highest BCUT2D eigenvalue weighted by molar-refractivity contribution is 7.17. The fourth-order valence-electron chi connectivity index (χ4n) is 3.07. The molecule has 2 aromatic carbocycles. The van der Waals surface area contributed by atoms with Gasteiger partial charge in [0.25, 0.3) is 5.56 Å². The number of nitrogens with zero attached hydrogens (tertiary/aromatic N) is 1. The Bertz CT molecular complexity index is 1200. The first-order valence-electron chi connectivity index (χ1n) is 9.09. The zero-order valence-electron chi connectivity index (χ0n) is 15.8. The standard InChI is InChI=1S/C22H19N3O3S/c1-28-16-9-7-15(8-10-16)17-13-29-22-20(17)21(27)24-18(25-22)11-19(26)23-12-14-5-3-2-4-6-14/h2-10,13H,11-12H2,1H3,(H,23,26)(H,24,25,27). The van der Waals surface area contributed by atoms with Crippen molar-refractivity contribution in [2.75, 3.05) is 7.11 Å². The van der Waals surface area contributed by atoms with Crippen LogP contribution in [-0.4, -0.2) is 23.0 Å². The van der Waals surface area contributed by atoms with E-state index in [4.69, 9.17) is 4.74 Å². The predicted molar refractivity (Wildman–Crippen MR) is 114 cm³/mol. The predicted octanol–water partition coefficient (Wildman–Crippen LogP) is 3.52. The smallest absolute Gasteiger partial charge is 0.260 e. The van der Waals surface area contributed by atoms with E-state index in [9.17, 15) is 9.59 Å². The lowest BCUT2D eigenvalue weighted by Crippen LogP contribution is -2.26. The maximum atomic E-state index is 12.7. The van der Waals surface area contributed by atoms with Crippen molar-refractivity contribution in [2.45, 2.75) is 13.0 Å². The number of carbonyl (C=O) groups excluding carboxylic acids is 1. The maximum Gasteiger partial charge on any atom is 0.260 e. The number of nitrogens with one attached hydrogen (secondary N) is 2. The van der Waals surface area contributed by atoms with Crippen molar-refractivity contribution in [3.63, 3.8) is 0 Å². The lowest BCUT2D eigenvalue weighted by Gasteiger charge is -2.06. The van der Waals surface area contributed by atoms with E-state index in [1.165, 1.54) is 11.3 Å². The SMILES string of the molecule is COc1ccc(-c2csc3nc(CC(=O)NCc4ccccc4)[nH]c(=O)c23)cc1. The Morgan fingerprint density at radius 2 is 1.90 bits per heavy atom. The number of fused-ring (bicyclic) bond motifs is 1. The third-order valence-corrected chi connectivity index (χ3v) is 5.43. The van der Waals surface area contributed by atoms with Crippen molar-refractivity contribution < 1.29 is 9.53 Å². The van der Waals surface area contributed by atoms with E-state index in [2.05, 4.69) is 15.3 Å². The minimum absolute atomic E-state index is 0.0216. The first-order valence-corrected chi connectivity index (χ1v) is 9.97. The van der Waals surface area contributed by atoms with Crippen molar-refractivity contribution in [1.29, 1.82) is 0 Å². The molecular weight excluding hydrogens is 386 g/mol. The van der Waals surface area contributed by atoms with Crippen LogP contribution in [0.25, 0.3) is 21.3 Å². The van der Waals surface area contributed by atoms with Crippen LogP contribution in [0.4, 0.5) is 0 Å². The van der Waals surface area contributed by atoms with Gasteiger partial charge in [-0.05, 0) is 23.3 Å². The molecule has 0 bridgehead atoms. The summed E-state index contributed by atoms with van der Waals surface area (Å²) in [4.78, 5) is 32.8. The molecule has 0 unspecified atom stereocenters. The summed E-state index contributed by atoms with van der Waals surface area (Å²) in [5.41, 5.74) is 2.51. The molecule has 0 saturated carbocycles. The minimum Gasteiger partial charge on any atom is -0.497 e. The Morgan fingerprint density at radius 1 is 1.14 bits per heavy atom. The fraction of sp³-hybridized carbons (Fsp3) is 0.136. The zero-order valence-corrected chi connectivity index (χ0v) is 16.6. The van der Waals surface area contributed by atoms with E-state index in [-0.39, 0.29) is 17.9 Å². The first kappa shape index (κ1) is 18.9. The van der Waals surface area contributed by atoms with E-state index in [1.54, 1.807) is 7.11 Å². The Labute approximate surface area is 171 Å². The van der Waals surface area contributed by atoms with Crippen LogP contribution in [0.2, 0.25) is 0 Å². The van der Waals surface area contributed by atoms with E-state index < -0.39 is 0 Å². The van der Waals surface area contributed by atoms with Crippen molar-refractivity contribution in [3.05, 3.63) is 81.7 Å². The molecule has 0 aliphatic rings. The number of aromatic amines is 1. The number of ether oxygens (including phenoxy) is 1. The normalized spacial score (nSPS) is 10.8. The second-order valence-corrected chi connectivity index (χ2v) is 7.37. The Hall–Kier alpha value is -3.45. The lowest BCUT2D eigenvalue weighted by atomic mass is 10.1. The van der Waals surface area contributed by atoms with Crippen LogP contribution in [-0.2, 0) is 17.8 Å². The van der Waals surface area contributed by atoms with E-state index in [0.717, 1.165) is 22.4 Å². The molecule has 0 saturated heterocycles. The number of H-pyrrole nitrogens is 1. The van der Waals surface area contributed by atoms with Gasteiger partial charge in [-0.15, -0.1) is 11.3 Å². The quantitative estimate of drug-likeness (QED) is 0.514. The summed E-state index contributed by atoms with van der Waals surface area (Å²) in [7, 11) is 1.61. The van der Waals surface area contributed by atoms with Gasteiger partial charge in [-0.1, -0.05) is 42.5 Å². The molecule has 29 heavy (non-hydrogen) atoms. The van der Waals surface area contributed by atoms with Crippen molar-refractivity contribution in [3.8, 4) is 16.9 Å². The van der Waals surface area contributed by atoms with Gasteiger partial charge in [0.1, 0.15) is 16.4 Å². The van der Waals surface area contributed by atoms with Gasteiger partial charge in [0.05, 0.1) is 18.9 Å². The summed E-state index contributed by atoms with van der Waals surface area (Å²) in [6.07, 6.45) is 0.0216. The van der Waals surface area contributed by atoms with Crippen LogP contribution in [0.5, 0.6) is 5.75 Å². The van der Waals surface area contributed by atoms with E-state index in [0.29, 0.717) is 22.6 Å². The topological polar surface area (TPSA) is 84.1 Å². The lowest BCUT2D eigenvalue weighted by molar-refractivity contribution is -0.120. The number of amides is 1. The molecule has 0 atom stereocenters. The van der Waals surface area contributed by atoms with E-state index in [1.807, 2.05) is 60.0 Å². The molecule has 6 nitrogen and oxygen atoms in total. The summed E-state index contributed by atoms with van der Waals surface area (Å²) in [5, 5.41) is 5.29. The highest BCUT2D eigenvalue weighted by Crippen LogP contribution is 2.31. The number of benzene rings is 2. The molecular formula is C22H19N3O3S. The summed E-state index contributed by atoms with van der Waals surface area (Å²) in [6.45, 7) is 0.437. The average Bonchev–Trinajstić information content (AvgIpc) is 3.17. The van der Waals surface area contributed by atoms with Crippen LogP contribution < -0.4 is 15.6 Å². The summed E-state index contributed by atoms with van der Waals surface area (Å²) in [6, 6.07) is 17.2. The Balaban J connectivity index is 1.53. The number of thiophene rings is 1. The van der Waals surface area contributed by atoms with Gasteiger partial charge in [0.2, 0.25) is 5.91 Å². The molecule has 2 aromatic heterocycles. The van der Waals surface area contributed by atoms with Gasteiger partial charge >= 0.3 is 0 Å². The second-order valence-electron chi connectivity index (χ2n) is 6.51. The third kappa shape index (κ3) is 4.20. The fourth-order valence-corrected chi connectivity index (χ4v) is 4.04. The van der Waals surface area contributed by atoms with Gasteiger partial charge in [-0.25, -0.2) is 4.98 Å². The van der Waals surface area contributed by atoms with Crippen molar-refractivity contribution in [1.82, 2.24) is 15.3 Å². The number of rotatable bonds is 6. The molecule has 0 aliphatic heterocycles. The summed E-state index contributed by atoms with van der Waals surface area (Å²) < 4.78 is 5.18. The van der Waals surface area contributed by atoms with E-state index >= 15 is 0 Å². The molecule has 0 spiro atoms. The Kier molecular flexibility index (Phi) is 5.39. The van der Waals surface area contributed by atoms with Crippen molar-refractivity contribution in [2.24, 2.45) is 0 Å². The minimum atomic E-state index is -0.243. The zero-order chi connectivity index (χ0) is 20.2. The molecule has 2 heterocycles. The van der Waals surface area contributed by atoms with Gasteiger partial charge in [-0.2, -0.15) is 0 Å². The number of hydrogen-bond donors (Lipinski definition) is 2. The molecule has 1 amide bonds. The van der Waals surface area contributed by atoms with Crippen LogP contribution in [0, 0.1) is 0 Å². The second kappa shape index (κ2) is 8.28. The summed E-state index contributed by atoms with van der Waals surface area (Å²) >= 11 is 1.39. The maximum absolute atomic E-state index is 12.7. The molecule has 4 aromatic rings. The number of hydrogen-bond acceptors (Lipinski definition) is 5. The highest BCUT2D eigenvalue weighted by Gasteiger charge is 2.14. The molecule has 146 valence electrons. The number of carbonyl (C=O) groups is 1.